The average Bonchev–Trinajstić information content (AvgIpc) is 3.16. The van der Waals surface area contributed by atoms with E-state index in [1.165, 1.54) is 43.2 Å². The number of amides is 1. The van der Waals surface area contributed by atoms with Crippen LogP contribution in [0.3, 0.4) is 0 Å². The topological polar surface area (TPSA) is 64.0 Å². The minimum absolute atomic E-state index is 0.0102. The minimum atomic E-state index is -0.519. The zero-order valence-corrected chi connectivity index (χ0v) is 19.6. The highest BCUT2D eigenvalue weighted by Crippen LogP contribution is 2.39. The third-order valence-electron chi connectivity index (χ3n) is 7.43. The maximum atomic E-state index is 13.6. The highest BCUT2D eigenvalue weighted by Gasteiger charge is 2.36. The molecular formula is C28H31N3O2. The van der Waals surface area contributed by atoms with E-state index < -0.39 is 5.92 Å². The number of nitrogens with one attached hydrogen (secondary N) is 1. The number of carbonyl (C=O) groups is 2. The molecule has 170 valence electrons. The van der Waals surface area contributed by atoms with Crippen LogP contribution in [0.1, 0.15) is 88.7 Å². The molecule has 1 aliphatic carbocycles. The van der Waals surface area contributed by atoms with Gasteiger partial charge in [-0.2, -0.15) is 5.10 Å². The summed E-state index contributed by atoms with van der Waals surface area (Å²) in [6.45, 7) is 6.04. The Morgan fingerprint density at radius 2 is 1.70 bits per heavy atom. The van der Waals surface area contributed by atoms with E-state index in [9.17, 15) is 9.59 Å². The summed E-state index contributed by atoms with van der Waals surface area (Å²) in [5.74, 6) is 0.542. The number of carbonyl (C=O) groups excluding carboxylic acids is 2. The number of ketones is 1. The number of anilines is 1. The average molecular weight is 442 g/mol. The lowest BCUT2D eigenvalue weighted by Crippen LogP contribution is -2.28. The standard InChI is InChI=1S/C28H31N3O2/c1-17-9-14-23(15-18(17)2)31-28-26(19(3)30-31)24(16-25(32)29-28)27(33)22-12-10-21(11-13-22)20-7-5-4-6-8-20/h9-15,20,24H,4-8,16H2,1-3H3,(H,29,32)/t24-/m0/s1. The number of fused-ring (bicyclic) bond motifs is 1. The van der Waals surface area contributed by atoms with Gasteiger partial charge in [0.15, 0.2) is 5.78 Å². The van der Waals surface area contributed by atoms with Crippen LogP contribution in [-0.2, 0) is 4.79 Å². The molecule has 1 fully saturated rings. The van der Waals surface area contributed by atoms with Crippen molar-refractivity contribution in [2.45, 2.75) is 71.1 Å². The van der Waals surface area contributed by atoms with Crippen LogP contribution in [0.25, 0.3) is 5.69 Å². The first kappa shape index (κ1) is 21.6. The predicted molar refractivity (Wildman–Crippen MR) is 130 cm³/mol. The number of rotatable bonds is 4. The molecule has 2 aliphatic rings. The summed E-state index contributed by atoms with van der Waals surface area (Å²) in [6.07, 6.45) is 6.51. The second kappa shape index (κ2) is 8.62. The van der Waals surface area contributed by atoms with Crippen molar-refractivity contribution in [1.29, 1.82) is 0 Å². The molecule has 5 heteroatoms. The lowest BCUT2D eigenvalue weighted by Gasteiger charge is -2.24. The Morgan fingerprint density at radius 1 is 0.970 bits per heavy atom. The van der Waals surface area contributed by atoms with Crippen LogP contribution in [0.2, 0.25) is 0 Å². The number of aromatic nitrogens is 2. The normalized spacial score (nSPS) is 18.6. The Bertz CT molecular complexity index is 1220. The molecule has 5 nitrogen and oxygen atoms in total. The molecule has 0 radical (unpaired) electrons. The molecule has 3 aromatic rings. The van der Waals surface area contributed by atoms with E-state index in [4.69, 9.17) is 5.10 Å². The second-order valence-electron chi connectivity index (χ2n) is 9.65. The van der Waals surface area contributed by atoms with E-state index in [2.05, 4.69) is 43.4 Å². The molecule has 1 amide bonds. The van der Waals surface area contributed by atoms with Crippen LogP contribution in [0.5, 0.6) is 0 Å². The van der Waals surface area contributed by atoms with Crippen molar-refractivity contribution in [2.75, 3.05) is 5.32 Å². The van der Waals surface area contributed by atoms with Gasteiger partial charge >= 0.3 is 0 Å². The number of aryl methyl sites for hydroxylation is 3. The number of benzene rings is 2. The summed E-state index contributed by atoms with van der Waals surface area (Å²) in [5.41, 5.74) is 6.83. The first-order valence-corrected chi connectivity index (χ1v) is 12.0. The molecule has 2 heterocycles. The highest BCUT2D eigenvalue weighted by molar-refractivity contribution is 6.08. The van der Waals surface area contributed by atoms with Gasteiger partial charge < -0.3 is 5.32 Å². The van der Waals surface area contributed by atoms with E-state index in [0.717, 1.165) is 22.5 Å². The van der Waals surface area contributed by atoms with Gasteiger partial charge in [0.1, 0.15) is 5.82 Å². The van der Waals surface area contributed by atoms with Gasteiger partial charge in [-0.15, -0.1) is 0 Å². The molecule has 1 N–H and O–H groups in total. The molecule has 2 aromatic carbocycles. The highest BCUT2D eigenvalue weighted by atomic mass is 16.2. The SMILES string of the molecule is Cc1ccc(-n2nc(C)c3c2NC(=O)C[C@@H]3C(=O)c2ccc(C3CCCCC3)cc2)cc1C. The van der Waals surface area contributed by atoms with Gasteiger partial charge in [0, 0.05) is 17.5 Å². The molecule has 5 rings (SSSR count). The Balaban J connectivity index is 1.48. The lowest BCUT2D eigenvalue weighted by atomic mass is 9.82. The molecule has 1 aliphatic heterocycles. The van der Waals surface area contributed by atoms with Crippen LogP contribution < -0.4 is 5.32 Å². The van der Waals surface area contributed by atoms with Gasteiger partial charge in [0.2, 0.25) is 5.91 Å². The number of Topliss-reactive ketones (excluding diaryl/α,β-unsaturated/α-hetero) is 1. The van der Waals surface area contributed by atoms with Crippen LogP contribution in [0.15, 0.2) is 42.5 Å². The lowest BCUT2D eigenvalue weighted by molar-refractivity contribution is -0.116. The monoisotopic (exact) mass is 441 g/mol. The molecule has 0 spiro atoms. The Hall–Kier alpha value is -3.21. The summed E-state index contributed by atoms with van der Waals surface area (Å²) >= 11 is 0. The van der Waals surface area contributed by atoms with Gasteiger partial charge in [-0.25, -0.2) is 4.68 Å². The fourth-order valence-corrected chi connectivity index (χ4v) is 5.37. The van der Waals surface area contributed by atoms with Crippen molar-refractivity contribution in [3.63, 3.8) is 0 Å². The zero-order chi connectivity index (χ0) is 23.1. The predicted octanol–water partition coefficient (Wildman–Crippen LogP) is 6.15. The van der Waals surface area contributed by atoms with E-state index in [-0.39, 0.29) is 18.1 Å². The summed E-state index contributed by atoms with van der Waals surface area (Å²) in [6, 6.07) is 14.2. The van der Waals surface area contributed by atoms with E-state index in [0.29, 0.717) is 17.3 Å². The summed E-state index contributed by atoms with van der Waals surface area (Å²) < 4.78 is 1.76. The van der Waals surface area contributed by atoms with E-state index in [1.807, 2.05) is 25.1 Å². The van der Waals surface area contributed by atoms with Crippen molar-refractivity contribution >= 4 is 17.5 Å². The summed E-state index contributed by atoms with van der Waals surface area (Å²) in [7, 11) is 0. The van der Waals surface area contributed by atoms with Crippen LogP contribution in [0.4, 0.5) is 5.82 Å². The molecule has 0 saturated heterocycles. The van der Waals surface area contributed by atoms with Crippen molar-refractivity contribution in [3.05, 3.63) is 76.0 Å². The number of hydrogen-bond donors (Lipinski definition) is 1. The van der Waals surface area contributed by atoms with Crippen LogP contribution in [0, 0.1) is 20.8 Å². The molecule has 0 bridgehead atoms. The molecule has 33 heavy (non-hydrogen) atoms. The van der Waals surface area contributed by atoms with Crippen molar-refractivity contribution < 1.29 is 9.59 Å². The third kappa shape index (κ3) is 4.01. The van der Waals surface area contributed by atoms with Gasteiger partial charge in [0.25, 0.3) is 0 Å². The fourth-order valence-electron chi connectivity index (χ4n) is 5.37. The largest absolute Gasteiger partial charge is 0.310 e. The number of nitrogens with zero attached hydrogens (tertiary/aromatic N) is 2. The Labute approximate surface area is 195 Å². The number of hydrogen-bond acceptors (Lipinski definition) is 3. The fraction of sp³-hybridized carbons (Fsp3) is 0.393. The van der Waals surface area contributed by atoms with E-state index in [1.54, 1.807) is 4.68 Å². The summed E-state index contributed by atoms with van der Waals surface area (Å²) in [5, 5.41) is 7.70. The van der Waals surface area contributed by atoms with Crippen molar-refractivity contribution in [1.82, 2.24) is 9.78 Å². The Kier molecular flexibility index (Phi) is 5.65. The first-order chi connectivity index (χ1) is 15.9. The minimum Gasteiger partial charge on any atom is -0.310 e. The van der Waals surface area contributed by atoms with E-state index >= 15 is 0 Å². The van der Waals surface area contributed by atoms with Crippen LogP contribution in [-0.4, -0.2) is 21.5 Å². The van der Waals surface area contributed by atoms with Gasteiger partial charge in [0.05, 0.1) is 17.3 Å². The maximum absolute atomic E-state index is 13.6. The molecule has 1 atom stereocenters. The Morgan fingerprint density at radius 3 is 2.39 bits per heavy atom. The molecule has 0 unspecified atom stereocenters. The van der Waals surface area contributed by atoms with Gasteiger partial charge in [-0.3, -0.25) is 9.59 Å². The van der Waals surface area contributed by atoms with Crippen molar-refractivity contribution in [2.24, 2.45) is 0 Å². The molecular weight excluding hydrogens is 410 g/mol. The quantitative estimate of drug-likeness (QED) is 0.494. The van der Waals surface area contributed by atoms with Crippen LogP contribution >= 0.6 is 0 Å². The smallest absolute Gasteiger partial charge is 0.226 e. The zero-order valence-electron chi connectivity index (χ0n) is 19.6. The molecule has 1 aromatic heterocycles. The maximum Gasteiger partial charge on any atom is 0.226 e. The van der Waals surface area contributed by atoms with Crippen molar-refractivity contribution in [3.8, 4) is 5.69 Å². The van der Waals surface area contributed by atoms with Gasteiger partial charge in [-0.1, -0.05) is 49.6 Å². The second-order valence-corrected chi connectivity index (χ2v) is 9.65. The third-order valence-corrected chi connectivity index (χ3v) is 7.43. The summed E-state index contributed by atoms with van der Waals surface area (Å²) in [4.78, 5) is 26.2. The van der Waals surface area contributed by atoms with Gasteiger partial charge in [-0.05, 0) is 68.4 Å². The first-order valence-electron chi connectivity index (χ1n) is 12.0. The molecule has 1 saturated carbocycles.